The average Bonchev–Trinajstić information content (AvgIpc) is 3.89. The van der Waals surface area contributed by atoms with Crippen LogP contribution >= 0.6 is 0 Å². The highest BCUT2D eigenvalue weighted by molar-refractivity contribution is 5.88. The maximum absolute atomic E-state index is 14.4. The number of para-hydroxylation sites is 1. The molecule has 10 atom stereocenters. The van der Waals surface area contributed by atoms with Crippen LogP contribution in [-0.2, 0) is 52.5 Å². The van der Waals surface area contributed by atoms with E-state index in [4.69, 9.17) is 14.2 Å². The summed E-state index contributed by atoms with van der Waals surface area (Å²) in [4.78, 5) is 50.7. The number of likely N-dealkylation sites (N-methyl/N-ethyl adjacent to an activating group) is 1. The number of aromatic amines is 1. The number of rotatable bonds is 9. The summed E-state index contributed by atoms with van der Waals surface area (Å²) in [5.74, 6) is -0.619. The topological polar surface area (TPSA) is 145 Å². The first-order valence-electron chi connectivity index (χ1n) is 21.3. The van der Waals surface area contributed by atoms with Gasteiger partial charge in [-0.3, -0.25) is 14.5 Å². The highest BCUT2D eigenvalue weighted by atomic mass is 16.6. The van der Waals surface area contributed by atoms with Gasteiger partial charge in [-0.2, -0.15) is 0 Å². The van der Waals surface area contributed by atoms with Crippen molar-refractivity contribution in [3.63, 3.8) is 0 Å². The third-order valence-corrected chi connectivity index (χ3v) is 15.6. The average molecular weight is 795 g/mol. The summed E-state index contributed by atoms with van der Waals surface area (Å²) in [6.45, 7) is 10.2. The van der Waals surface area contributed by atoms with Crippen LogP contribution in [0.15, 0.2) is 48.6 Å². The molecule has 1 spiro atoms. The van der Waals surface area contributed by atoms with Gasteiger partial charge in [0.25, 0.3) is 6.47 Å². The Morgan fingerprint density at radius 1 is 1.09 bits per heavy atom. The number of methoxy groups -OCH3 is 1. The van der Waals surface area contributed by atoms with Crippen LogP contribution < -0.4 is 4.90 Å². The van der Waals surface area contributed by atoms with E-state index >= 15 is 0 Å². The van der Waals surface area contributed by atoms with Crippen LogP contribution in [0, 0.1) is 17.3 Å². The third kappa shape index (κ3) is 5.23. The van der Waals surface area contributed by atoms with Crippen molar-refractivity contribution in [3.8, 4) is 0 Å². The van der Waals surface area contributed by atoms with E-state index in [0.717, 1.165) is 72.3 Å². The molecule has 1 aromatic heterocycles. The van der Waals surface area contributed by atoms with E-state index in [0.29, 0.717) is 50.3 Å². The van der Waals surface area contributed by atoms with Crippen LogP contribution in [0.4, 0.5) is 5.69 Å². The first kappa shape index (κ1) is 39.2. The van der Waals surface area contributed by atoms with E-state index in [9.17, 15) is 24.6 Å². The molecule has 3 fully saturated rings. The molecular formula is C46H58N4O8. The molecule has 3 aromatic rings. The number of benzene rings is 2. The molecule has 12 heteroatoms. The number of nitrogens with one attached hydrogen (secondary N) is 1. The van der Waals surface area contributed by atoms with Crippen molar-refractivity contribution in [2.24, 2.45) is 17.3 Å². The fourth-order valence-electron chi connectivity index (χ4n) is 13.6. The second-order valence-electron chi connectivity index (χ2n) is 18.2. The molecule has 3 unspecified atom stereocenters. The Kier molecular flexibility index (Phi) is 9.61. The lowest BCUT2D eigenvalue weighted by Crippen LogP contribution is -2.81. The summed E-state index contributed by atoms with van der Waals surface area (Å²) in [6, 6.07) is 11.5. The van der Waals surface area contributed by atoms with Crippen molar-refractivity contribution in [3.05, 3.63) is 76.5 Å². The number of anilines is 1. The predicted octanol–water partition coefficient (Wildman–Crippen LogP) is 4.36. The lowest BCUT2D eigenvalue weighted by Gasteiger charge is -2.63. The number of hydrogen-bond donors (Lipinski definition) is 3. The van der Waals surface area contributed by atoms with Crippen LogP contribution in [0.5, 0.6) is 0 Å². The maximum Gasteiger partial charge on any atom is 0.344 e. The van der Waals surface area contributed by atoms with Gasteiger partial charge in [0.05, 0.1) is 25.2 Å². The van der Waals surface area contributed by atoms with E-state index in [-0.39, 0.29) is 25.2 Å². The smallest absolute Gasteiger partial charge is 0.344 e. The van der Waals surface area contributed by atoms with E-state index in [2.05, 4.69) is 58.1 Å². The van der Waals surface area contributed by atoms with Crippen LogP contribution in [0.1, 0.15) is 80.8 Å². The Bertz CT molecular complexity index is 2170. The monoisotopic (exact) mass is 794 g/mol. The van der Waals surface area contributed by atoms with Gasteiger partial charge in [0.2, 0.25) is 5.60 Å². The number of aliphatic hydroxyl groups excluding tert-OH is 1. The number of carbonyl (C=O) groups is 3. The van der Waals surface area contributed by atoms with Crippen LogP contribution in [0.3, 0.4) is 0 Å². The number of hydrogen-bond acceptors (Lipinski definition) is 11. The first-order valence-corrected chi connectivity index (χ1v) is 21.3. The molecule has 3 N–H and O–H groups in total. The summed E-state index contributed by atoms with van der Waals surface area (Å²) in [5.41, 5.74) is 1.63. The van der Waals surface area contributed by atoms with Gasteiger partial charge in [-0.05, 0) is 84.9 Å². The highest BCUT2D eigenvalue weighted by Gasteiger charge is 2.80. The van der Waals surface area contributed by atoms with Gasteiger partial charge >= 0.3 is 11.9 Å². The molecule has 6 heterocycles. The second-order valence-corrected chi connectivity index (χ2v) is 18.2. The van der Waals surface area contributed by atoms with Crippen LogP contribution in [0.25, 0.3) is 10.9 Å². The van der Waals surface area contributed by atoms with Crippen LogP contribution in [-0.4, -0.2) is 121 Å². The molecule has 310 valence electrons. The van der Waals surface area contributed by atoms with E-state index in [1.807, 2.05) is 31.0 Å². The van der Waals surface area contributed by atoms with Gasteiger partial charge < -0.3 is 39.2 Å². The van der Waals surface area contributed by atoms with Crippen molar-refractivity contribution in [2.75, 3.05) is 58.4 Å². The Labute approximate surface area is 340 Å². The molecule has 1 aliphatic carbocycles. The third-order valence-electron chi connectivity index (χ3n) is 15.6. The fourth-order valence-corrected chi connectivity index (χ4v) is 13.6. The Hall–Kier alpha value is -4.23. The Morgan fingerprint density at radius 2 is 1.90 bits per heavy atom. The van der Waals surface area contributed by atoms with Gasteiger partial charge in [-0.1, -0.05) is 56.7 Å². The van der Waals surface area contributed by atoms with Gasteiger partial charge in [0, 0.05) is 79.3 Å². The second kappa shape index (κ2) is 14.2. The summed E-state index contributed by atoms with van der Waals surface area (Å²) in [6.07, 6.45) is 7.65. The molecule has 0 radical (unpaired) electrons. The fraction of sp³-hybridized carbons (Fsp3) is 0.587. The molecule has 12 nitrogen and oxygen atoms in total. The molecule has 2 aromatic carbocycles. The molecule has 0 amide bonds. The minimum atomic E-state index is -2.26. The number of esters is 2. The zero-order valence-electron chi connectivity index (χ0n) is 34.5. The van der Waals surface area contributed by atoms with Crippen LogP contribution in [0.2, 0.25) is 0 Å². The molecule has 5 aliphatic heterocycles. The number of nitrogens with zero attached hydrogens (tertiary/aromatic N) is 3. The SMILES string of the molecule is CCC1CC2CN(CCc3c([nH]c4ccccc34)[C@@](COC=O)(c3cc4c(cc3CO)N(C)[C@H]3[C@@](O)(C(=O)OC)[C@H](OC(C)=O)[C@]5(CC)C=CCN6CC[C@]43[C@@H]65)C2)C1. The number of piperidine rings is 1. The molecule has 2 bridgehead atoms. The Balaban J connectivity index is 1.35. The number of fused-ring (bicyclic) bond motifs is 6. The van der Waals surface area contributed by atoms with Crippen molar-refractivity contribution in [1.29, 1.82) is 0 Å². The quantitative estimate of drug-likeness (QED) is 0.123. The summed E-state index contributed by atoms with van der Waals surface area (Å²) in [5, 5.41) is 26.0. The number of aromatic nitrogens is 1. The Morgan fingerprint density at radius 3 is 2.62 bits per heavy atom. The molecular weight excluding hydrogens is 737 g/mol. The van der Waals surface area contributed by atoms with Crippen molar-refractivity contribution in [1.82, 2.24) is 14.8 Å². The summed E-state index contributed by atoms with van der Waals surface area (Å²) >= 11 is 0. The molecule has 6 aliphatic rings. The maximum atomic E-state index is 14.4. The first-order chi connectivity index (χ1) is 28.0. The van der Waals surface area contributed by atoms with Crippen molar-refractivity contribution in [2.45, 2.75) is 101 Å². The van der Waals surface area contributed by atoms with E-state index in [1.165, 1.54) is 19.6 Å². The zero-order valence-corrected chi connectivity index (χ0v) is 34.5. The normalized spacial score (nSPS) is 36.2. The van der Waals surface area contributed by atoms with Crippen molar-refractivity contribution < 1.29 is 38.8 Å². The van der Waals surface area contributed by atoms with Gasteiger partial charge in [-0.25, -0.2) is 4.79 Å². The largest absolute Gasteiger partial charge is 0.467 e. The molecule has 58 heavy (non-hydrogen) atoms. The standard InChI is InChI=1S/C46H58N4O8/c1-6-29-19-30-22-44(26-57-27-52,38-33(13-17-49(23-29)24-30)32-11-8-9-12-36(32)47-38)34-21-35-37(20-31(34)25-51)48(4)40-45(35)15-18-50-16-10-14-43(7-2,39(45)50)41(58-28(3)53)46(40,55)42(54)56-5/h8-12,14,20-21,27,29-30,39-41,47,51,55H,6-7,13,15-19,22-26H2,1-5H3/t29?,30?,39-,40+,41+,43+,44-,45+,46-/m0/s1. The van der Waals surface area contributed by atoms with E-state index in [1.54, 1.807) is 0 Å². The predicted molar refractivity (Wildman–Crippen MR) is 218 cm³/mol. The van der Waals surface area contributed by atoms with Gasteiger partial charge in [0.15, 0.2) is 6.10 Å². The summed E-state index contributed by atoms with van der Waals surface area (Å²) < 4.78 is 17.6. The number of aliphatic hydroxyl groups is 2. The number of carbonyl (C=O) groups excluding carboxylic acids is 3. The minimum Gasteiger partial charge on any atom is -0.467 e. The lowest BCUT2D eigenvalue weighted by molar-refractivity contribution is -0.228. The zero-order chi connectivity index (χ0) is 40.8. The van der Waals surface area contributed by atoms with Gasteiger partial charge in [0.1, 0.15) is 6.61 Å². The highest BCUT2D eigenvalue weighted by Crippen LogP contribution is 2.68. The molecule has 1 saturated carbocycles. The molecule has 9 rings (SSSR count). The minimum absolute atomic E-state index is 0.0689. The number of ether oxygens (including phenoxy) is 3. The number of H-pyrrole nitrogens is 1. The molecule has 2 saturated heterocycles. The van der Waals surface area contributed by atoms with Crippen molar-refractivity contribution >= 4 is 35.0 Å². The summed E-state index contributed by atoms with van der Waals surface area (Å²) in [7, 11) is 3.16. The van der Waals surface area contributed by atoms with E-state index < -0.39 is 45.9 Å². The van der Waals surface area contributed by atoms with Gasteiger partial charge in [-0.15, -0.1) is 0 Å². The lowest BCUT2D eigenvalue weighted by atomic mass is 9.47.